The van der Waals surface area contributed by atoms with Crippen LogP contribution in [-0.4, -0.2) is 10.2 Å². The second-order valence-corrected chi connectivity index (χ2v) is 5.58. The number of halogens is 1. The fraction of sp³-hybridized carbons (Fsp3) is 0.250. The Kier molecular flexibility index (Phi) is 5.04. The molecule has 0 bridgehead atoms. The van der Waals surface area contributed by atoms with Gasteiger partial charge >= 0.3 is 0 Å². The van der Waals surface area contributed by atoms with Crippen molar-refractivity contribution in [3.05, 3.63) is 58.1 Å². The largest absolute Gasteiger partial charge is 0.508 e. The number of aliphatic hydroxyl groups is 1. The van der Waals surface area contributed by atoms with Gasteiger partial charge in [-0.1, -0.05) is 35.0 Å². The van der Waals surface area contributed by atoms with E-state index in [1.807, 2.05) is 36.4 Å². The van der Waals surface area contributed by atoms with Crippen molar-refractivity contribution in [1.29, 1.82) is 0 Å². The van der Waals surface area contributed by atoms with E-state index in [1.165, 1.54) is 0 Å². The molecule has 2 aromatic rings. The zero-order valence-electron chi connectivity index (χ0n) is 11.3. The standard InChI is InChI=1S/C16H18BrNO2/c1-2-15(14-9-12(17)6-7-16(14)20)18-13-5-3-4-11(8-13)10-19/h3-9,15,18-20H,2,10H2,1H3. The van der Waals surface area contributed by atoms with E-state index in [-0.39, 0.29) is 18.4 Å². The van der Waals surface area contributed by atoms with Crippen LogP contribution in [0.5, 0.6) is 5.75 Å². The SMILES string of the molecule is CCC(Nc1cccc(CO)c1)c1cc(Br)ccc1O. The summed E-state index contributed by atoms with van der Waals surface area (Å²) < 4.78 is 0.939. The summed E-state index contributed by atoms with van der Waals surface area (Å²) in [5.41, 5.74) is 2.65. The highest BCUT2D eigenvalue weighted by Crippen LogP contribution is 2.31. The molecule has 0 spiro atoms. The van der Waals surface area contributed by atoms with Gasteiger partial charge in [0.05, 0.1) is 12.6 Å². The van der Waals surface area contributed by atoms with Crippen LogP contribution in [-0.2, 0) is 6.61 Å². The molecule has 0 fully saturated rings. The Bertz CT molecular complexity index is 586. The molecular weight excluding hydrogens is 318 g/mol. The Balaban J connectivity index is 2.26. The van der Waals surface area contributed by atoms with E-state index in [9.17, 15) is 10.2 Å². The maximum atomic E-state index is 10.0. The number of rotatable bonds is 5. The molecule has 106 valence electrons. The molecule has 3 nitrogen and oxygen atoms in total. The van der Waals surface area contributed by atoms with Gasteiger partial charge in [0.1, 0.15) is 5.75 Å². The summed E-state index contributed by atoms with van der Waals surface area (Å²) >= 11 is 3.43. The zero-order chi connectivity index (χ0) is 14.5. The summed E-state index contributed by atoms with van der Waals surface area (Å²) in [6.07, 6.45) is 0.841. The summed E-state index contributed by atoms with van der Waals surface area (Å²) in [7, 11) is 0. The molecule has 3 N–H and O–H groups in total. The molecule has 0 heterocycles. The number of nitrogens with one attached hydrogen (secondary N) is 1. The number of aliphatic hydroxyl groups excluding tert-OH is 1. The first-order chi connectivity index (χ1) is 9.63. The van der Waals surface area contributed by atoms with Gasteiger partial charge in [0.25, 0.3) is 0 Å². The van der Waals surface area contributed by atoms with Crippen LogP contribution in [0.1, 0.15) is 30.5 Å². The smallest absolute Gasteiger partial charge is 0.120 e. The monoisotopic (exact) mass is 335 g/mol. The average Bonchev–Trinajstić information content (AvgIpc) is 2.47. The second-order valence-electron chi connectivity index (χ2n) is 4.67. The van der Waals surface area contributed by atoms with Gasteiger partial charge < -0.3 is 15.5 Å². The lowest BCUT2D eigenvalue weighted by Crippen LogP contribution is -2.10. The Hall–Kier alpha value is -1.52. The summed E-state index contributed by atoms with van der Waals surface area (Å²) in [6.45, 7) is 2.09. The van der Waals surface area contributed by atoms with Crippen molar-refractivity contribution in [3.8, 4) is 5.75 Å². The highest BCUT2D eigenvalue weighted by molar-refractivity contribution is 9.10. The molecule has 0 aliphatic heterocycles. The van der Waals surface area contributed by atoms with E-state index in [1.54, 1.807) is 6.07 Å². The molecule has 0 saturated carbocycles. The summed E-state index contributed by atoms with van der Waals surface area (Å²) in [5.74, 6) is 0.283. The van der Waals surface area contributed by atoms with Gasteiger partial charge in [-0.05, 0) is 42.3 Å². The van der Waals surface area contributed by atoms with Gasteiger partial charge in [0.15, 0.2) is 0 Å². The van der Waals surface area contributed by atoms with Crippen LogP contribution in [0.15, 0.2) is 46.9 Å². The molecule has 2 aromatic carbocycles. The molecule has 1 atom stereocenters. The second kappa shape index (κ2) is 6.77. The molecule has 0 saturated heterocycles. The molecule has 0 amide bonds. The van der Waals surface area contributed by atoms with Gasteiger partial charge in [0, 0.05) is 15.7 Å². The van der Waals surface area contributed by atoms with Gasteiger partial charge in [-0.25, -0.2) is 0 Å². The molecule has 0 aromatic heterocycles. The quantitative estimate of drug-likeness (QED) is 0.767. The minimum absolute atomic E-state index is 0.0152. The van der Waals surface area contributed by atoms with Crippen molar-refractivity contribution >= 4 is 21.6 Å². The molecule has 4 heteroatoms. The summed E-state index contributed by atoms with van der Waals surface area (Å²) in [6, 6.07) is 13.1. The first-order valence-electron chi connectivity index (χ1n) is 6.58. The maximum Gasteiger partial charge on any atom is 0.120 e. The van der Waals surface area contributed by atoms with Gasteiger partial charge in [0.2, 0.25) is 0 Å². The molecule has 20 heavy (non-hydrogen) atoms. The minimum atomic E-state index is 0.0152. The van der Waals surface area contributed by atoms with Gasteiger partial charge in [-0.2, -0.15) is 0 Å². The van der Waals surface area contributed by atoms with E-state index < -0.39 is 0 Å². The van der Waals surface area contributed by atoms with Crippen molar-refractivity contribution in [2.45, 2.75) is 26.0 Å². The van der Waals surface area contributed by atoms with E-state index in [0.29, 0.717) is 0 Å². The summed E-state index contributed by atoms with van der Waals surface area (Å²) in [5, 5.41) is 22.6. The molecule has 2 rings (SSSR count). The molecule has 1 unspecified atom stereocenters. The Morgan fingerprint density at radius 1 is 1.20 bits per heavy atom. The normalized spacial score (nSPS) is 12.2. The fourth-order valence-electron chi connectivity index (χ4n) is 2.16. The van der Waals surface area contributed by atoms with Crippen LogP contribution in [0.4, 0.5) is 5.69 Å². The lowest BCUT2D eigenvalue weighted by Gasteiger charge is -2.20. The Labute approximate surface area is 127 Å². The number of hydrogen-bond acceptors (Lipinski definition) is 3. The van der Waals surface area contributed by atoms with Crippen molar-refractivity contribution in [1.82, 2.24) is 0 Å². The lowest BCUT2D eigenvalue weighted by atomic mass is 10.0. The van der Waals surface area contributed by atoms with E-state index in [4.69, 9.17) is 0 Å². The van der Waals surface area contributed by atoms with Crippen LogP contribution in [0.2, 0.25) is 0 Å². The number of anilines is 1. The van der Waals surface area contributed by atoms with Crippen molar-refractivity contribution in [3.63, 3.8) is 0 Å². The highest BCUT2D eigenvalue weighted by Gasteiger charge is 2.14. The predicted molar refractivity (Wildman–Crippen MR) is 84.8 cm³/mol. The maximum absolute atomic E-state index is 10.0. The third-order valence-corrected chi connectivity index (χ3v) is 3.72. The van der Waals surface area contributed by atoms with Crippen LogP contribution < -0.4 is 5.32 Å². The van der Waals surface area contributed by atoms with E-state index >= 15 is 0 Å². The Morgan fingerprint density at radius 3 is 2.70 bits per heavy atom. The first kappa shape index (κ1) is 14.9. The van der Waals surface area contributed by atoms with Crippen molar-refractivity contribution < 1.29 is 10.2 Å². The van der Waals surface area contributed by atoms with E-state index in [2.05, 4.69) is 28.2 Å². The molecule has 0 aliphatic carbocycles. The predicted octanol–water partition coefficient (Wildman–Crippen LogP) is 4.21. The third-order valence-electron chi connectivity index (χ3n) is 3.22. The highest BCUT2D eigenvalue weighted by atomic mass is 79.9. The number of aromatic hydroxyl groups is 1. The van der Waals surface area contributed by atoms with Crippen molar-refractivity contribution in [2.24, 2.45) is 0 Å². The van der Waals surface area contributed by atoms with Crippen LogP contribution in [0.3, 0.4) is 0 Å². The summed E-state index contributed by atoms with van der Waals surface area (Å²) in [4.78, 5) is 0. The zero-order valence-corrected chi connectivity index (χ0v) is 12.9. The molecular formula is C16H18BrNO2. The topological polar surface area (TPSA) is 52.5 Å². The Morgan fingerprint density at radius 2 is 2.00 bits per heavy atom. The number of hydrogen-bond donors (Lipinski definition) is 3. The van der Waals surface area contributed by atoms with Gasteiger partial charge in [-0.15, -0.1) is 0 Å². The minimum Gasteiger partial charge on any atom is -0.508 e. The molecule has 0 radical (unpaired) electrons. The lowest BCUT2D eigenvalue weighted by molar-refractivity contribution is 0.282. The van der Waals surface area contributed by atoms with Crippen LogP contribution in [0.25, 0.3) is 0 Å². The number of benzene rings is 2. The van der Waals surface area contributed by atoms with Crippen LogP contribution in [0, 0.1) is 0 Å². The average molecular weight is 336 g/mol. The first-order valence-corrected chi connectivity index (χ1v) is 7.38. The van der Waals surface area contributed by atoms with E-state index in [0.717, 1.165) is 27.7 Å². The number of phenols is 1. The van der Waals surface area contributed by atoms with Crippen LogP contribution >= 0.6 is 15.9 Å². The van der Waals surface area contributed by atoms with Gasteiger partial charge in [-0.3, -0.25) is 0 Å². The molecule has 0 aliphatic rings. The third kappa shape index (κ3) is 3.52. The van der Waals surface area contributed by atoms with Crippen molar-refractivity contribution in [2.75, 3.05) is 5.32 Å². The number of phenolic OH excluding ortho intramolecular Hbond substituents is 1. The fourth-order valence-corrected chi connectivity index (χ4v) is 2.54.